The Bertz CT molecular complexity index is 1440. The molecule has 1 aliphatic rings. The number of carbonyl (C=O) groups is 2. The van der Waals surface area contributed by atoms with Gasteiger partial charge in [-0.05, 0) is 73.2 Å². The molecule has 1 saturated heterocycles. The third-order valence-electron chi connectivity index (χ3n) is 7.80. The molecule has 1 N–H and O–H groups in total. The number of urea groups is 1. The van der Waals surface area contributed by atoms with Crippen LogP contribution >= 0.6 is 0 Å². The third kappa shape index (κ3) is 8.36. The van der Waals surface area contributed by atoms with E-state index in [4.69, 9.17) is 4.74 Å². The highest BCUT2D eigenvalue weighted by molar-refractivity contribution is 7.89. The van der Waals surface area contributed by atoms with Crippen LogP contribution in [0, 0.1) is 0 Å². The van der Waals surface area contributed by atoms with E-state index < -0.39 is 10.0 Å². The van der Waals surface area contributed by atoms with E-state index in [1.54, 1.807) is 47.2 Å². The number of methoxy groups -OCH3 is 1. The van der Waals surface area contributed by atoms with Crippen LogP contribution in [0.15, 0.2) is 83.8 Å². The maximum absolute atomic E-state index is 13.9. The molecule has 0 aliphatic carbocycles. The molecule has 43 heavy (non-hydrogen) atoms. The Kier molecular flexibility index (Phi) is 11.2. The molecule has 0 spiro atoms. The van der Waals surface area contributed by atoms with Gasteiger partial charge in [-0.3, -0.25) is 4.79 Å². The highest BCUT2D eigenvalue weighted by Crippen LogP contribution is 2.23. The average Bonchev–Trinajstić information content (AvgIpc) is 3.04. The first-order chi connectivity index (χ1) is 20.7. The molecule has 3 aromatic carbocycles. The molecule has 3 amide bonds. The van der Waals surface area contributed by atoms with E-state index in [-0.39, 0.29) is 36.0 Å². The molecule has 230 valence electrons. The fourth-order valence-corrected chi connectivity index (χ4v) is 6.77. The second-order valence-electron chi connectivity index (χ2n) is 10.7. The van der Waals surface area contributed by atoms with E-state index >= 15 is 0 Å². The van der Waals surface area contributed by atoms with Crippen molar-refractivity contribution in [2.45, 2.75) is 57.0 Å². The second-order valence-corrected chi connectivity index (χ2v) is 12.7. The summed E-state index contributed by atoms with van der Waals surface area (Å²) in [5, 5.41) is 2.97. The maximum Gasteiger partial charge on any atom is 0.321 e. The lowest BCUT2D eigenvalue weighted by molar-refractivity contribution is -0.135. The Hall–Kier alpha value is -3.89. The fraction of sp³-hybridized carbons (Fsp3) is 0.394. The summed E-state index contributed by atoms with van der Waals surface area (Å²) in [6.45, 7) is 5.26. The first-order valence-corrected chi connectivity index (χ1v) is 16.3. The number of aryl methyl sites for hydroxylation is 1. The second kappa shape index (κ2) is 15.0. The van der Waals surface area contributed by atoms with Crippen molar-refractivity contribution in [3.63, 3.8) is 0 Å². The Morgan fingerprint density at radius 1 is 0.907 bits per heavy atom. The van der Waals surface area contributed by atoms with Crippen molar-refractivity contribution in [3.8, 4) is 5.75 Å². The third-order valence-corrected chi connectivity index (χ3v) is 9.66. The topological polar surface area (TPSA) is 99.3 Å². The summed E-state index contributed by atoms with van der Waals surface area (Å²) in [7, 11) is -2.25. The van der Waals surface area contributed by atoms with Crippen molar-refractivity contribution in [2.24, 2.45) is 0 Å². The van der Waals surface area contributed by atoms with Crippen molar-refractivity contribution in [1.82, 2.24) is 14.1 Å². The molecular weight excluding hydrogens is 564 g/mol. The van der Waals surface area contributed by atoms with Crippen LogP contribution in [-0.4, -0.2) is 73.8 Å². The Labute approximate surface area is 255 Å². The molecule has 0 bridgehead atoms. The molecule has 0 unspecified atom stereocenters. The monoisotopic (exact) mass is 606 g/mol. The van der Waals surface area contributed by atoms with Crippen LogP contribution in [0.2, 0.25) is 0 Å². The molecule has 1 heterocycles. The van der Waals surface area contributed by atoms with Gasteiger partial charge in [0.05, 0.1) is 18.6 Å². The first kappa shape index (κ1) is 32.0. The smallest absolute Gasteiger partial charge is 0.321 e. The summed E-state index contributed by atoms with van der Waals surface area (Å²) in [4.78, 5) is 30.7. The van der Waals surface area contributed by atoms with Crippen LogP contribution in [0.1, 0.15) is 44.2 Å². The van der Waals surface area contributed by atoms with Crippen molar-refractivity contribution >= 4 is 27.6 Å². The van der Waals surface area contributed by atoms with Crippen LogP contribution in [0.4, 0.5) is 10.5 Å². The minimum atomic E-state index is -3.85. The van der Waals surface area contributed by atoms with Crippen LogP contribution in [-0.2, 0) is 27.8 Å². The highest BCUT2D eigenvalue weighted by atomic mass is 32.2. The van der Waals surface area contributed by atoms with Gasteiger partial charge in [-0.15, -0.1) is 0 Å². The number of piperidine rings is 1. The zero-order valence-corrected chi connectivity index (χ0v) is 26.1. The van der Waals surface area contributed by atoms with Crippen LogP contribution in [0.25, 0.3) is 0 Å². The average molecular weight is 607 g/mol. The quantitative estimate of drug-likeness (QED) is 0.298. The number of sulfonamides is 1. The number of benzene rings is 3. The number of ether oxygens (including phenoxy) is 1. The SMILES string of the molecule is CCCN(CC(=O)N(Cc1ccc(OC)cc1)C1CCN(C(=O)Nc2ccc(CC)cc2)CC1)S(=O)(=O)c1ccccc1. The molecule has 0 aromatic heterocycles. The molecule has 0 radical (unpaired) electrons. The zero-order valence-electron chi connectivity index (χ0n) is 25.2. The van der Waals surface area contributed by atoms with E-state index in [0.717, 1.165) is 17.7 Å². The number of likely N-dealkylation sites (tertiary alicyclic amines) is 1. The number of anilines is 1. The van der Waals surface area contributed by atoms with E-state index in [0.29, 0.717) is 44.6 Å². The Morgan fingerprint density at radius 3 is 2.12 bits per heavy atom. The van der Waals surface area contributed by atoms with Gasteiger partial charge in [-0.2, -0.15) is 4.31 Å². The number of rotatable bonds is 12. The summed E-state index contributed by atoms with van der Waals surface area (Å²) in [6.07, 6.45) is 2.68. The van der Waals surface area contributed by atoms with Gasteiger partial charge in [0.1, 0.15) is 5.75 Å². The maximum atomic E-state index is 13.9. The van der Waals surface area contributed by atoms with E-state index in [2.05, 4.69) is 12.2 Å². The van der Waals surface area contributed by atoms with Gasteiger partial charge >= 0.3 is 6.03 Å². The molecule has 9 nitrogen and oxygen atoms in total. The van der Waals surface area contributed by atoms with Gasteiger partial charge in [0, 0.05) is 37.9 Å². The van der Waals surface area contributed by atoms with Crippen molar-refractivity contribution in [1.29, 1.82) is 0 Å². The predicted molar refractivity (Wildman–Crippen MR) is 168 cm³/mol. The number of amides is 3. The lowest BCUT2D eigenvalue weighted by Gasteiger charge is -2.39. The lowest BCUT2D eigenvalue weighted by Crippen LogP contribution is -2.51. The van der Waals surface area contributed by atoms with E-state index in [1.165, 1.54) is 9.87 Å². The first-order valence-electron chi connectivity index (χ1n) is 14.9. The summed E-state index contributed by atoms with van der Waals surface area (Å²) >= 11 is 0. The van der Waals surface area contributed by atoms with Crippen LogP contribution in [0.3, 0.4) is 0 Å². The van der Waals surface area contributed by atoms with Gasteiger partial charge in [0.15, 0.2) is 0 Å². The van der Waals surface area contributed by atoms with Gasteiger partial charge in [-0.1, -0.05) is 56.3 Å². The Balaban J connectivity index is 1.49. The van der Waals surface area contributed by atoms with Crippen LogP contribution in [0.5, 0.6) is 5.75 Å². The molecular formula is C33H42N4O5S. The van der Waals surface area contributed by atoms with E-state index in [1.807, 2.05) is 55.5 Å². The molecule has 0 atom stereocenters. The normalized spacial score (nSPS) is 14.0. The largest absolute Gasteiger partial charge is 0.497 e. The van der Waals surface area contributed by atoms with E-state index in [9.17, 15) is 18.0 Å². The van der Waals surface area contributed by atoms with Gasteiger partial charge < -0.3 is 19.9 Å². The summed E-state index contributed by atoms with van der Waals surface area (Å²) in [5.41, 5.74) is 2.86. The van der Waals surface area contributed by atoms with Crippen LogP contribution < -0.4 is 10.1 Å². The number of nitrogens with zero attached hydrogens (tertiary/aromatic N) is 3. The van der Waals surface area contributed by atoms with Crippen molar-refractivity contribution in [3.05, 3.63) is 90.0 Å². The number of hydrogen-bond acceptors (Lipinski definition) is 5. The van der Waals surface area contributed by atoms with Crippen molar-refractivity contribution < 1.29 is 22.7 Å². The van der Waals surface area contributed by atoms with Gasteiger partial charge in [0.2, 0.25) is 15.9 Å². The number of nitrogens with one attached hydrogen (secondary N) is 1. The molecule has 0 saturated carbocycles. The fourth-order valence-electron chi connectivity index (χ4n) is 5.27. The molecule has 1 fully saturated rings. The summed E-state index contributed by atoms with van der Waals surface area (Å²) in [6, 6.07) is 23.3. The van der Waals surface area contributed by atoms with Gasteiger partial charge in [0.25, 0.3) is 0 Å². The molecule has 10 heteroatoms. The minimum absolute atomic E-state index is 0.148. The van der Waals surface area contributed by atoms with Gasteiger partial charge in [-0.25, -0.2) is 13.2 Å². The number of carbonyl (C=O) groups excluding carboxylic acids is 2. The standard InChI is InChI=1S/C33H42N4O5S/c1-4-21-36(43(40,41)31-9-7-6-8-10-31)25-32(38)37(24-27-13-17-30(42-3)18-14-27)29-19-22-35(23-20-29)33(39)34-28-15-11-26(5-2)12-16-28/h6-18,29H,4-5,19-25H2,1-3H3,(H,34,39). The highest BCUT2D eigenvalue weighted by Gasteiger charge is 2.33. The van der Waals surface area contributed by atoms with Crippen molar-refractivity contribution in [2.75, 3.05) is 38.6 Å². The summed E-state index contributed by atoms with van der Waals surface area (Å²) < 4.78 is 33.5. The minimum Gasteiger partial charge on any atom is -0.497 e. The molecule has 1 aliphatic heterocycles. The number of hydrogen-bond donors (Lipinski definition) is 1. The molecule has 3 aromatic rings. The Morgan fingerprint density at radius 2 is 1.53 bits per heavy atom. The lowest BCUT2D eigenvalue weighted by atomic mass is 10.0. The predicted octanol–water partition coefficient (Wildman–Crippen LogP) is 5.38. The summed E-state index contributed by atoms with van der Waals surface area (Å²) in [5.74, 6) is 0.455. The zero-order chi connectivity index (χ0) is 30.8. The molecule has 4 rings (SSSR count).